The number of imide groups is 1. The predicted octanol–water partition coefficient (Wildman–Crippen LogP) is 2.10. The predicted molar refractivity (Wildman–Crippen MR) is 99.1 cm³/mol. The van der Waals surface area contributed by atoms with Crippen LogP contribution in [-0.4, -0.2) is 52.5 Å². The Morgan fingerprint density at radius 1 is 0.893 bits per heavy atom. The van der Waals surface area contributed by atoms with Crippen molar-refractivity contribution >= 4 is 21.9 Å². The number of methoxy groups -OCH3 is 2. The summed E-state index contributed by atoms with van der Waals surface area (Å²) in [4.78, 5) is 25.6. The number of amides is 2. The molecule has 0 fully saturated rings. The normalized spacial score (nSPS) is 13.6. The van der Waals surface area contributed by atoms with Crippen LogP contribution < -0.4 is 9.47 Å². The van der Waals surface area contributed by atoms with E-state index < -0.39 is 10.1 Å². The Labute approximate surface area is 162 Å². The monoisotopic (exact) mass is 405 g/mol. The average molecular weight is 405 g/mol. The molecule has 2 aromatic carbocycles. The average Bonchev–Trinajstić information content (AvgIpc) is 2.95. The van der Waals surface area contributed by atoms with Crippen LogP contribution in [0.25, 0.3) is 0 Å². The fraction of sp³-hybridized carbons (Fsp3) is 0.263. The Bertz CT molecular complexity index is 982. The van der Waals surface area contributed by atoms with Crippen molar-refractivity contribution < 1.29 is 31.7 Å². The minimum atomic E-state index is -4.02. The van der Waals surface area contributed by atoms with Crippen molar-refractivity contribution in [3.8, 4) is 11.5 Å². The molecule has 9 heteroatoms. The third kappa shape index (κ3) is 3.71. The maximum Gasteiger partial charge on any atom is 0.297 e. The van der Waals surface area contributed by atoms with Gasteiger partial charge in [-0.15, -0.1) is 0 Å². The molecule has 3 rings (SSSR count). The van der Waals surface area contributed by atoms with Gasteiger partial charge in [0, 0.05) is 12.6 Å². The fourth-order valence-corrected chi connectivity index (χ4v) is 3.83. The molecule has 0 spiro atoms. The minimum absolute atomic E-state index is 0.0633. The molecular formula is C19H19NO7S. The van der Waals surface area contributed by atoms with E-state index in [4.69, 9.17) is 13.7 Å². The standard InChI is InChI=1S/C19H19NO7S/c1-25-16-9-8-13(12-17(16)26-2)28(23,24)27-11-5-10-20-18(21)14-6-3-4-7-15(14)19(20)22/h3-4,6-9,12H,5,10-11H2,1-2H3. The molecule has 1 aliphatic heterocycles. The molecule has 0 atom stereocenters. The first-order valence-corrected chi connectivity index (χ1v) is 9.86. The zero-order valence-electron chi connectivity index (χ0n) is 15.4. The Morgan fingerprint density at radius 3 is 2.07 bits per heavy atom. The molecule has 1 aliphatic rings. The van der Waals surface area contributed by atoms with Gasteiger partial charge in [-0.3, -0.25) is 18.7 Å². The van der Waals surface area contributed by atoms with Crippen molar-refractivity contribution in [3.05, 3.63) is 53.6 Å². The molecule has 0 saturated heterocycles. The summed E-state index contributed by atoms with van der Waals surface area (Å²) in [7, 11) is -1.17. The van der Waals surface area contributed by atoms with E-state index in [1.165, 1.54) is 32.4 Å². The van der Waals surface area contributed by atoms with Gasteiger partial charge in [-0.1, -0.05) is 12.1 Å². The van der Waals surface area contributed by atoms with Crippen LogP contribution in [-0.2, 0) is 14.3 Å². The van der Waals surface area contributed by atoms with E-state index in [0.717, 1.165) is 4.90 Å². The summed E-state index contributed by atoms with van der Waals surface area (Å²) < 4.78 is 39.9. The van der Waals surface area contributed by atoms with Crippen molar-refractivity contribution in [1.29, 1.82) is 0 Å². The van der Waals surface area contributed by atoms with E-state index in [2.05, 4.69) is 0 Å². The highest BCUT2D eigenvalue weighted by Crippen LogP contribution is 2.30. The van der Waals surface area contributed by atoms with Gasteiger partial charge < -0.3 is 9.47 Å². The highest BCUT2D eigenvalue weighted by atomic mass is 32.2. The molecule has 0 radical (unpaired) electrons. The van der Waals surface area contributed by atoms with Crippen LogP contribution in [0.15, 0.2) is 47.4 Å². The molecule has 2 amide bonds. The van der Waals surface area contributed by atoms with Crippen LogP contribution in [0, 0.1) is 0 Å². The van der Waals surface area contributed by atoms with Gasteiger partial charge in [0.2, 0.25) is 0 Å². The number of hydrogen-bond acceptors (Lipinski definition) is 7. The van der Waals surface area contributed by atoms with E-state index in [1.54, 1.807) is 24.3 Å². The van der Waals surface area contributed by atoms with E-state index in [-0.39, 0.29) is 42.0 Å². The highest BCUT2D eigenvalue weighted by Gasteiger charge is 2.34. The van der Waals surface area contributed by atoms with Crippen molar-refractivity contribution in [1.82, 2.24) is 4.90 Å². The first-order valence-electron chi connectivity index (χ1n) is 8.45. The lowest BCUT2D eigenvalue weighted by Crippen LogP contribution is -2.31. The summed E-state index contributed by atoms with van der Waals surface area (Å²) >= 11 is 0. The molecule has 0 aliphatic carbocycles. The van der Waals surface area contributed by atoms with Crippen LogP contribution in [0.4, 0.5) is 0 Å². The Balaban J connectivity index is 1.60. The molecule has 28 heavy (non-hydrogen) atoms. The Hall–Kier alpha value is -2.91. The van der Waals surface area contributed by atoms with E-state index >= 15 is 0 Å². The first kappa shape index (κ1) is 19.8. The SMILES string of the molecule is COc1ccc(S(=O)(=O)OCCCN2C(=O)c3ccccc3C2=O)cc1OC. The maximum absolute atomic E-state index is 12.3. The zero-order valence-corrected chi connectivity index (χ0v) is 16.2. The molecule has 0 N–H and O–H groups in total. The largest absolute Gasteiger partial charge is 0.493 e. The first-order chi connectivity index (χ1) is 13.4. The quantitative estimate of drug-likeness (QED) is 0.377. The molecule has 0 bridgehead atoms. The number of fused-ring (bicyclic) bond motifs is 1. The lowest BCUT2D eigenvalue weighted by Gasteiger charge is -2.14. The van der Waals surface area contributed by atoms with Gasteiger partial charge in [-0.25, -0.2) is 0 Å². The lowest BCUT2D eigenvalue weighted by atomic mass is 10.1. The minimum Gasteiger partial charge on any atom is -0.493 e. The van der Waals surface area contributed by atoms with Crippen LogP contribution in [0.5, 0.6) is 11.5 Å². The van der Waals surface area contributed by atoms with E-state index in [0.29, 0.717) is 16.9 Å². The van der Waals surface area contributed by atoms with Crippen LogP contribution in [0.1, 0.15) is 27.1 Å². The molecule has 0 aromatic heterocycles. The van der Waals surface area contributed by atoms with Crippen LogP contribution in [0.3, 0.4) is 0 Å². The van der Waals surface area contributed by atoms with Gasteiger partial charge in [0.15, 0.2) is 11.5 Å². The summed E-state index contributed by atoms with van der Waals surface area (Å²) in [6.07, 6.45) is 0.179. The molecular weight excluding hydrogens is 386 g/mol. The lowest BCUT2D eigenvalue weighted by molar-refractivity contribution is 0.0647. The highest BCUT2D eigenvalue weighted by molar-refractivity contribution is 7.86. The summed E-state index contributed by atoms with van der Waals surface area (Å²) in [6.45, 7) is -0.113. The number of nitrogens with zero attached hydrogens (tertiary/aromatic N) is 1. The van der Waals surface area contributed by atoms with Crippen molar-refractivity contribution in [2.45, 2.75) is 11.3 Å². The van der Waals surface area contributed by atoms with Crippen molar-refractivity contribution in [2.24, 2.45) is 0 Å². The maximum atomic E-state index is 12.3. The second kappa shape index (κ2) is 7.99. The van der Waals surface area contributed by atoms with E-state index in [9.17, 15) is 18.0 Å². The molecule has 8 nitrogen and oxygen atoms in total. The number of rotatable bonds is 8. The molecule has 148 valence electrons. The van der Waals surface area contributed by atoms with Crippen molar-refractivity contribution in [2.75, 3.05) is 27.4 Å². The smallest absolute Gasteiger partial charge is 0.297 e. The second-order valence-corrected chi connectivity index (χ2v) is 7.57. The number of carbonyl (C=O) groups is 2. The zero-order chi connectivity index (χ0) is 20.3. The molecule has 1 heterocycles. The topological polar surface area (TPSA) is 99.2 Å². The summed E-state index contributed by atoms with van der Waals surface area (Å²) in [5.41, 5.74) is 0.706. The number of benzene rings is 2. The number of ether oxygens (including phenoxy) is 2. The van der Waals surface area contributed by atoms with Gasteiger partial charge in [-0.2, -0.15) is 8.42 Å². The third-order valence-electron chi connectivity index (χ3n) is 4.29. The van der Waals surface area contributed by atoms with Gasteiger partial charge in [0.1, 0.15) is 0 Å². The van der Waals surface area contributed by atoms with Gasteiger partial charge in [0.25, 0.3) is 21.9 Å². The van der Waals surface area contributed by atoms with Crippen molar-refractivity contribution in [3.63, 3.8) is 0 Å². The Morgan fingerprint density at radius 2 is 1.50 bits per heavy atom. The summed E-state index contributed by atoms with van der Waals surface area (Å²) in [5.74, 6) is -0.114. The molecule has 0 unspecified atom stereocenters. The second-order valence-electron chi connectivity index (χ2n) is 5.95. The summed E-state index contributed by atoms with van der Waals surface area (Å²) in [5, 5.41) is 0. The molecule has 2 aromatic rings. The Kier molecular flexibility index (Phi) is 5.66. The number of hydrogen-bond donors (Lipinski definition) is 0. The van der Waals surface area contributed by atoms with Gasteiger partial charge in [-0.05, 0) is 30.7 Å². The molecule has 0 saturated carbocycles. The van der Waals surface area contributed by atoms with Gasteiger partial charge in [0.05, 0.1) is 36.8 Å². The third-order valence-corrected chi connectivity index (χ3v) is 5.59. The van der Waals surface area contributed by atoms with Gasteiger partial charge >= 0.3 is 0 Å². The number of carbonyl (C=O) groups excluding carboxylic acids is 2. The van der Waals surface area contributed by atoms with E-state index in [1.807, 2.05) is 0 Å². The summed E-state index contributed by atoms with van der Waals surface area (Å²) in [6, 6.07) is 10.7. The fourth-order valence-electron chi connectivity index (χ4n) is 2.87. The van der Waals surface area contributed by atoms with Crippen LogP contribution in [0.2, 0.25) is 0 Å². The van der Waals surface area contributed by atoms with Crippen LogP contribution >= 0.6 is 0 Å².